The van der Waals surface area contributed by atoms with E-state index in [0.29, 0.717) is 6.04 Å². The van der Waals surface area contributed by atoms with Crippen LogP contribution in [0.4, 0.5) is 0 Å². The largest absolute Gasteiger partial charge is 0.354 e. The van der Waals surface area contributed by atoms with Crippen molar-refractivity contribution in [2.75, 3.05) is 13.3 Å². The van der Waals surface area contributed by atoms with Crippen LogP contribution in [0.15, 0.2) is 33.7 Å². The molecule has 0 spiro atoms. The number of nitrogens with one attached hydrogen (secondary N) is 2. The maximum atomic E-state index is 4.32. The van der Waals surface area contributed by atoms with E-state index >= 15 is 0 Å². The van der Waals surface area contributed by atoms with Crippen LogP contribution >= 0.6 is 27.7 Å². The van der Waals surface area contributed by atoms with Crippen LogP contribution in [0.3, 0.4) is 0 Å². The highest BCUT2D eigenvalue weighted by Gasteiger charge is 2.24. The van der Waals surface area contributed by atoms with E-state index in [0.717, 1.165) is 22.2 Å². The van der Waals surface area contributed by atoms with Gasteiger partial charge in [-0.1, -0.05) is 28.1 Å². The van der Waals surface area contributed by atoms with E-state index in [1.165, 1.54) is 24.8 Å². The van der Waals surface area contributed by atoms with E-state index in [4.69, 9.17) is 0 Å². The smallest absolute Gasteiger partial charge is 0.191 e. The fraction of sp³-hybridized carbons (Fsp3) is 0.533. The van der Waals surface area contributed by atoms with Gasteiger partial charge in [-0.25, -0.2) is 0 Å². The quantitative estimate of drug-likeness (QED) is 0.641. The van der Waals surface area contributed by atoms with Crippen LogP contribution in [0, 0.1) is 0 Å². The molecule has 0 bridgehead atoms. The summed E-state index contributed by atoms with van der Waals surface area (Å²) >= 11 is 5.47. The van der Waals surface area contributed by atoms with E-state index in [9.17, 15) is 0 Å². The zero-order valence-corrected chi connectivity index (χ0v) is 14.4. The molecule has 0 radical (unpaired) electrons. The molecule has 1 aliphatic rings. The van der Waals surface area contributed by atoms with Crippen molar-refractivity contribution in [3.8, 4) is 0 Å². The Morgan fingerprint density at radius 1 is 1.45 bits per heavy atom. The molecule has 0 aromatic heterocycles. The number of halogens is 1. The van der Waals surface area contributed by atoms with Gasteiger partial charge in [0.05, 0.1) is 0 Å². The zero-order valence-electron chi connectivity index (χ0n) is 12.0. The van der Waals surface area contributed by atoms with Gasteiger partial charge in [0.15, 0.2) is 5.96 Å². The summed E-state index contributed by atoms with van der Waals surface area (Å²) in [6, 6.07) is 8.89. The van der Waals surface area contributed by atoms with Crippen LogP contribution in [-0.4, -0.2) is 30.6 Å². The van der Waals surface area contributed by atoms with Crippen molar-refractivity contribution < 1.29 is 0 Å². The summed E-state index contributed by atoms with van der Waals surface area (Å²) in [7, 11) is 1.83. The molecule has 2 atom stereocenters. The Balaban J connectivity index is 1.81. The van der Waals surface area contributed by atoms with Crippen molar-refractivity contribution in [2.45, 2.75) is 37.1 Å². The molecular weight excluding hydrogens is 334 g/mol. The first-order chi connectivity index (χ1) is 9.71. The maximum Gasteiger partial charge on any atom is 0.191 e. The van der Waals surface area contributed by atoms with E-state index in [2.05, 4.69) is 56.0 Å². The molecule has 110 valence electrons. The molecule has 5 heteroatoms. The summed E-state index contributed by atoms with van der Waals surface area (Å²) < 4.78 is 1.11. The number of hydrogen-bond acceptors (Lipinski definition) is 2. The molecule has 0 heterocycles. The van der Waals surface area contributed by atoms with Crippen LogP contribution in [0.1, 0.15) is 24.8 Å². The van der Waals surface area contributed by atoms with Gasteiger partial charge in [0.2, 0.25) is 0 Å². The topological polar surface area (TPSA) is 36.4 Å². The molecule has 0 aliphatic heterocycles. The van der Waals surface area contributed by atoms with E-state index in [1.54, 1.807) is 0 Å². The fourth-order valence-electron chi connectivity index (χ4n) is 2.51. The standard InChI is InChI=1S/C15H22BrN3S/c1-17-15(19-13-6-7-14(9-13)20-2)18-10-11-4-3-5-12(16)8-11/h3-5,8,13-14H,6-7,9-10H2,1-2H3,(H2,17,18,19). The maximum absolute atomic E-state index is 4.32. The first-order valence-corrected chi connectivity index (χ1v) is 9.03. The minimum absolute atomic E-state index is 0.557. The summed E-state index contributed by atoms with van der Waals surface area (Å²) in [6.07, 6.45) is 5.98. The molecule has 1 aromatic carbocycles. The highest BCUT2D eigenvalue weighted by atomic mass is 79.9. The second-order valence-electron chi connectivity index (χ2n) is 5.07. The first kappa shape index (κ1) is 15.7. The number of benzene rings is 1. The van der Waals surface area contributed by atoms with E-state index in [1.807, 2.05) is 24.9 Å². The van der Waals surface area contributed by atoms with Gasteiger partial charge in [0.25, 0.3) is 0 Å². The average Bonchev–Trinajstić information content (AvgIpc) is 2.91. The molecule has 1 fully saturated rings. The van der Waals surface area contributed by atoms with Crippen molar-refractivity contribution in [1.82, 2.24) is 10.6 Å². The number of aliphatic imine (C=N–C) groups is 1. The molecular formula is C15H22BrN3S. The van der Waals surface area contributed by atoms with Crippen LogP contribution in [0.2, 0.25) is 0 Å². The van der Waals surface area contributed by atoms with Crippen molar-refractivity contribution >= 4 is 33.7 Å². The highest BCUT2D eigenvalue weighted by molar-refractivity contribution is 9.10. The normalized spacial score (nSPS) is 22.9. The molecule has 2 rings (SSSR count). The van der Waals surface area contributed by atoms with Crippen molar-refractivity contribution in [1.29, 1.82) is 0 Å². The third-order valence-electron chi connectivity index (χ3n) is 3.63. The molecule has 3 nitrogen and oxygen atoms in total. The molecule has 1 aromatic rings. The molecule has 2 N–H and O–H groups in total. The van der Waals surface area contributed by atoms with Gasteiger partial charge >= 0.3 is 0 Å². The van der Waals surface area contributed by atoms with Gasteiger partial charge in [-0.3, -0.25) is 4.99 Å². The lowest BCUT2D eigenvalue weighted by Gasteiger charge is -2.17. The summed E-state index contributed by atoms with van der Waals surface area (Å²) in [6.45, 7) is 0.789. The predicted molar refractivity (Wildman–Crippen MR) is 92.4 cm³/mol. The third-order valence-corrected chi connectivity index (χ3v) is 5.22. The van der Waals surface area contributed by atoms with E-state index in [-0.39, 0.29) is 0 Å². The summed E-state index contributed by atoms with van der Waals surface area (Å²) in [5.74, 6) is 0.900. The molecule has 20 heavy (non-hydrogen) atoms. The predicted octanol–water partition coefficient (Wildman–Crippen LogP) is 3.40. The van der Waals surface area contributed by atoms with E-state index < -0.39 is 0 Å². The zero-order chi connectivity index (χ0) is 14.4. The van der Waals surface area contributed by atoms with Crippen molar-refractivity contribution in [2.24, 2.45) is 4.99 Å². The highest BCUT2D eigenvalue weighted by Crippen LogP contribution is 2.28. The fourth-order valence-corrected chi connectivity index (χ4v) is 3.75. The molecule has 1 aliphatic carbocycles. The molecule has 0 saturated heterocycles. The van der Waals surface area contributed by atoms with Crippen LogP contribution in [0.25, 0.3) is 0 Å². The Morgan fingerprint density at radius 2 is 2.30 bits per heavy atom. The lowest BCUT2D eigenvalue weighted by Crippen LogP contribution is -2.42. The second-order valence-corrected chi connectivity index (χ2v) is 7.12. The third kappa shape index (κ3) is 4.70. The van der Waals surface area contributed by atoms with Gasteiger partial charge in [-0.15, -0.1) is 0 Å². The number of rotatable bonds is 4. The van der Waals surface area contributed by atoms with Gasteiger partial charge < -0.3 is 10.6 Å². The monoisotopic (exact) mass is 355 g/mol. The van der Waals surface area contributed by atoms with Crippen molar-refractivity contribution in [3.63, 3.8) is 0 Å². The Hall–Kier alpha value is -0.680. The van der Waals surface area contributed by atoms with Gasteiger partial charge in [0, 0.05) is 29.4 Å². The Labute approximate surface area is 134 Å². The number of thioether (sulfide) groups is 1. The average molecular weight is 356 g/mol. The Kier molecular flexibility index (Phi) is 6.23. The number of nitrogens with zero attached hydrogens (tertiary/aromatic N) is 1. The summed E-state index contributed by atoms with van der Waals surface area (Å²) in [4.78, 5) is 4.32. The first-order valence-electron chi connectivity index (χ1n) is 6.95. The Morgan fingerprint density at radius 3 is 2.95 bits per heavy atom. The Bertz CT molecular complexity index is 464. The van der Waals surface area contributed by atoms with Crippen LogP contribution in [-0.2, 0) is 6.54 Å². The van der Waals surface area contributed by atoms with Crippen molar-refractivity contribution in [3.05, 3.63) is 34.3 Å². The van der Waals surface area contributed by atoms with Crippen LogP contribution in [0.5, 0.6) is 0 Å². The van der Waals surface area contributed by atoms with Crippen LogP contribution < -0.4 is 10.6 Å². The van der Waals surface area contributed by atoms with Gasteiger partial charge in [0.1, 0.15) is 0 Å². The molecule has 2 unspecified atom stereocenters. The number of hydrogen-bond donors (Lipinski definition) is 2. The minimum atomic E-state index is 0.557. The lowest BCUT2D eigenvalue weighted by atomic mass is 10.2. The molecule has 0 amide bonds. The molecule has 1 saturated carbocycles. The second kappa shape index (κ2) is 7.93. The number of guanidine groups is 1. The summed E-state index contributed by atoms with van der Waals surface area (Å²) in [5, 5.41) is 7.71. The SMILES string of the molecule is CN=C(NCc1cccc(Br)c1)NC1CCC(SC)C1. The lowest BCUT2D eigenvalue weighted by molar-refractivity contribution is 0.614. The minimum Gasteiger partial charge on any atom is -0.354 e. The van der Waals surface area contributed by atoms with Gasteiger partial charge in [-0.2, -0.15) is 11.8 Å². The van der Waals surface area contributed by atoms with Gasteiger partial charge in [-0.05, 0) is 43.2 Å². The summed E-state index contributed by atoms with van der Waals surface area (Å²) in [5.41, 5.74) is 1.25.